The van der Waals surface area contributed by atoms with Crippen LogP contribution in [0.4, 0.5) is 0 Å². The number of aryl methyl sites for hydroxylation is 1. The minimum Gasteiger partial charge on any atom is -0.309 e. The van der Waals surface area contributed by atoms with Crippen LogP contribution >= 0.6 is 15.9 Å². The largest absolute Gasteiger partial charge is 0.309 e. The molecule has 0 aliphatic carbocycles. The second kappa shape index (κ2) is 6.69. The number of nitrogens with one attached hydrogen (secondary N) is 1. The van der Waals surface area contributed by atoms with Gasteiger partial charge in [0.1, 0.15) is 0 Å². The van der Waals surface area contributed by atoms with E-state index in [1.54, 1.807) is 0 Å². The summed E-state index contributed by atoms with van der Waals surface area (Å²) in [7, 11) is 0. The summed E-state index contributed by atoms with van der Waals surface area (Å²) in [6, 6.07) is 7.15. The molecule has 100 valence electrons. The van der Waals surface area contributed by atoms with Crippen LogP contribution in [0.15, 0.2) is 22.7 Å². The molecular weight excluding hydrogens is 288 g/mol. The molecule has 0 aromatic heterocycles. The van der Waals surface area contributed by atoms with Crippen molar-refractivity contribution < 1.29 is 0 Å². The molecular formula is C15H23BrN2. The van der Waals surface area contributed by atoms with Gasteiger partial charge in [-0.3, -0.25) is 0 Å². The van der Waals surface area contributed by atoms with E-state index in [0.717, 1.165) is 6.54 Å². The van der Waals surface area contributed by atoms with Crippen molar-refractivity contribution in [3.8, 4) is 0 Å². The van der Waals surface area contributed by atoms with E-state index in [9.17, 15) is 0 Å². The molecule has 0 spiro atoms. The summed E-state index contributed by atoms with van der Waals surface area (Å²) in [5.41, 5.74) is 2.64. The molecule has 0 saturated carbocycles. The third kappa shape index (κ3) is 4.08. The second-order valence-corrected chi connectivity index (χ2v) is 6.23. The van der Waals surface area contributed by atoms with Crippen molar-refractivity contribution in [2.45, 2.75) is 39.3 Å². The van der Waals surface area contributed by atoms with Gasteiger partial charge in [0.15, 0.2) is 0 Å². The molecule has 1 aromatic rings. The van der Waals surface area contributed by atoms with E-state index >= 15 is 0 Å². The maximum absolute atomic E-state index is 3.61. The summed E-state index contributed by atoms with van der Waals surface area (Å²) in [5, 5.41) is 3.61. The van der Waals surface area contributed by atoms with Crippen molar-refractivity contribution in [2.75, 3.05) is 19.6 Å². The summed E-state index contributed by atoms with van der Waals surface area (Å²) in [6.07, 6.45) is 2.75. The molecule has 1 aromatic carbocycles. The van der Waals surface area contributed by atoms with Crippen LogP contribution in [0.5, 0.6) is 0 Å². The third-order valence-corrected chi connectivity index (χ3v) is 4.48. The molecule has 1 fully saturated rings. The number of halogens is 1. The van der Waals surface area contributed by atoms with Crippen LogP contribution in [0, 0.1) is 6.92 Å². The zero-order valence-corrected chi connectivity index (χ0v) is 13.0. The van der Waals surface area contributed by atoms with Crippen LogP contribution in [0.2, 0.25) is 0 Å². The third-order valence-electron chi connectivity index (χ3n) is 3.62. The van der Waals surface area contributed by atoms with E-state index in [0.29, 0.717) is 6.04 Å². The monoisotopic (exact) mass is 310 g/mol. The average Bonchev–Trinajstić information content (AvgIpc) is 2.83. The smallest absolute Gasteiger partial charge is 0.0208 e. The Labute approximate surface area is 119 Å². The molecule has 1 saturated heterocycles. The second-order valence-electron chi connectivity index (χ2n) is 5.37. The Morgan fingerprint density at radius 1 is 1.33 bits per heavy atom. The normalized spacial score (nSPS) is 18.2. The Bertz CT molecular complexity index is 386. The van der Waals surface area contributed by atoms with Crippen molar-refractivity contribution in [3.63, 3.8) is 0 Å². The lowest BCUT2D eigenvalue weighted by molar-refractivity contribution is 0.298. The van der Waals surface area contributed by atoms with E-state index in [2.05, 4.69) is 58.2 Å². The summed E-state index contributed by atoms with van der Waals surface area (Å²) in [5.74, 6) is 0. The van der Waals surface area contributed by atoms with Gasteiger partial charge in [-0.2, -0.15) is 0 Å². The molecule has 1 N–H and O–H groups in total. The van der Waals surface area contributed by atoms with Gasteiger partial charge in [0.25, 0.3) is 0 Å². The quantitative estimate of drug-likeness (QED) is 0.897. The lowest BCUT2D eigenvalue weighted by Gasteiger charge is -2.21. The minimum atomic E-state index is 0.558. The lowest BCUT2D eigenvalue weighted by Crippen LogP contribution is -2.37. The maximum Gasteiger partial charge on any atom is 0.0208 e. The summed E-state index contributed by atoms with van der Waals surface area (Å²) in [4.78, 5) is 2.56. The summed E-state index contributed by atoms with van der Waals surface area (Å²) >= 11 is 3.59. The number of rotatable bonds is 5. The number of benzene rings is 1. The number of hydrogen-bond acceptors (Lipinski definition) is 2. The highest BCUT2D eigenvalue weighted by Gasteiger charge is 2.14. The molecule has 3 heteroatoms. The predicted molar refractivity (Wildman–Crippen MR) is 80.9 cm³/mol. The maximum atomic E-state index is 3.61. The molecule has 1 atom stereocenters. The van der Waals surface area contributed by atoms with Crippen LogP contribution in [0.25, 0.3) is 0 Å². The molecule has 2 nitrogen and oxygen atoms in total. The molecule has 2 rings (SSSR count). The highest BCUT2D eigenvalue weighted by molar-refractivity contribution is 9.10. The molecule has 1 heterocycles. The number of nitrogens with zero attached hydrogens (tertiary/aromatic N) is 1. The first-order valence-corrected chi connectivity index (χ1v) is 7.65. The van der Waals surface area contributed by atoms with Crippen LogP contribution in [-0.4, -0.2) is 30.6 Å². The van der Waals surface area contributed by atoms with Gasteiger partial charge in [0.2, 0.25) is 0 Å². The first-order chi connectivity index (χ1) is 8.65. The highest BCUT2D eigenvalue weighted by atomic mass is 79.9. The Morgan fingerprint density at radius 2 is 2.06 bits per heavy atom. The van der Waals surface area contributed by atoms with Crippen LogP contribution in [-0.2, 0) is 6.54 Å². The Hall–Kier alpha value is -0.380. The fourth-order valence-corrected chi connectivity index (χ4v) is 2.88. The first-order valence-electron chi connectivity index (χ1n) is 6.86. The van der Waals surface area contributed by atoms with Crippen molar-refractivity contribution >= 4 is 15.9 Å². The Morgan fingerprint density at radius 3 is 2.72 bits per heavy atom. The van der Waals surface area contributed by atoms with Crippen molar-refractivity contribution in [1.29, 1.82) is 0 Å². The van der Waals surface area contributed by atoms with Gasteiger partial charge in [0, 0.05) is 23.6 Å². The van der Waals surface area contributed by atoms with Gasteiger partial charge >= 0.3 is 0 Å². The SMILES string of the molecule is Cc1ccc(CNC(C)CN2CCCC2)cc1Br. The molecule has 0 bridgehead atoms. The van der Waals surface area contributed by atoms with Gasteiger partial charge in [-0.15, -0.1) is 0 Å². The van der Waals surface area contributed by atoms with Crippen LogP contribution in [0.3, 0.4) is 0 Å². The fourth-order valence-electron chi connectivity index (χ4n) is 2.46. The van der Waals surface area contributed by atoms with E-state index < -0.39 is 0 Å². The first kappa shape index (κ1) is 14.0. The van der Waals surface area contributed by atoms with Crippen molar-refractivity contribution in [3.05, 3.63) is 33.8 Å². The zero-order chi connectivity index (χ0) is 13.0. The van der Waals surface area contributed by atoms with E-state index in [-0.39, 0.29) is 0 Å². The predicted octanol–water partition coefficient (Wildman–Crippen LogP) is 3.33. The minimum absolute atomic E-state index is 0.558. The molecule has 1 aliphatic heterocycles. The Balaban J connectivity index is 1.77. The number of likely N-dealkylation sites (tertiary alicyclic amines) is 1. The summed E-state index contributed by atoms with van der Waals surface area (Å²) in [6.45, 7) is 9.09. The van der Waals surface area contributed by atoms with Gasteiger partial charge in [-0.25, -0.2) is 0 Å². The van der Waals surface area contributed by atoms with Crippen molar-refractivity contribution in [2.24, 2.45) is 0 Å². The fraction of sp³-hybridized carbons (Fsp3) is 0.600. The highest BCUT2D eigenvalue weighted by Crippen LogP contribution is 2.17. The van der Waals surface area contributed by atoms with Gasteiger partial charge in [-0.1, -0.05) is 28.1 Å². The molecule has 1 unspecified atom stereocenters. The van der Waals surface area contributed by atoms with E-state index in [1.165, 1.54) is 48.1 Å². The van der Waals surface area contributed by atoms with Crippen LogP contribution in [0.1, 0.15) is 30.9 Å². The van der Waals surface area contributed by atoms with Crippen molar-refractivity contribution in [1.82, 2.24) is 10.2 Å². The molecule has 18 heavy (non-hydrogen) atoms. The standard InChI is InChI=1S/C15H23BrN2/c1-12-5-6-14(9-15(12)16)10-17-13(2)11-18-7-3-4-8-18/h5-6,9,13,17H,3-4,7-8,10-11H2,1-2H3. The zero-order valence-electron chi connectivity index (χ0n) is 11.4. The molecule has 0 amide bonds. The number of hydrogen-bond donors (Lipinski definition) is 1. The van der Waals surface area contributed by atoms with Crippen LogP contribution < -0.4 is 5.32 Å². The Kier molecular flexibility index (Phi) is 5.22. The average molecular weight is 311 g/mol. The van der Waals surface area contributed by atoms with Gasteiger partial charge < -0.3 is 10.2 Å². The molecule has 1 aliphatic rings. The topological polar surface area (TPSA) is 15.3 Å². The lowest BCUT2D eigenvalue weighted by atomic mass is 10.1. The van der Waals surface area contributed by atoms with Gasteiger partial charge in [0.05, 0.1) is 0 Å². The van der Waals surface area contributed by atoms with E-state index in [4.69, 9.17) is 0 Å². The molecule has 0 radical (unpaired) electrons. The van der Waals surface area contributed by atoms with Gasteiger partial charge in [-0.05, 0) is 57.0 Å². The summed E-state index contributed by atoms with van der Waals surface area (Å²) < 4.78 is 1.20. The van der Waals surface area contributed by atoms with E-state index in [1.807, 2.05) is 0 Å².